The second-order valence-corrected chi connectivity index (χ2v) is 5.27. The van der Waals surface area contributed by atoms with Gasteiger partial charge in [-0.25, -0.2) is 0 Å². The van der Waals surface area contributed by atoms with Crippen LogP contribution in [-0.4, -0.2) is 54.8 Å². The molecule has 0 fully saturated rings. The van der Waals surface area contributed by atoms with E-state index in [1.165, 1.54) is 7.11 Å². The monoisotopic (exact) mass is 295 g/mol. The van der Waals surface area contributed by atoms with Crippen molar-refractivity contribution >= 4 is 11.9 Å². The van der Waals surface area contributed by atoms with Crippen molar-refractivity contribution in [3.8, 4) is 5.75 Å². The van der Waals surface area contributed by atoms with Crippen molar-refractivity contribution in [2.75, 3.05) is 27.7 Å². The average molecular weight is 295 g/mol. The smallest absolute Gasteiger partial charge is 0.321 e. The Hall–Kier alpha value is -2.08. The molecule has 1 aromatic rings. The molecule has 0 radical (unpaired) electrons. The molecule has 0 amide bonds. The van der Waals surface area contributed by atoms with Gasteiger partial charge in [-0.05, 0) is 51.2 Å². The second kappa shape index (κ2) is 7.08. The zero-order valence-corrected chi connectivity index (χ0v) is 12.5. The first-order valence-electron chi connectivity index (χ1n) is 6.56. The molecular formula is C15H21NO5. The van der Waals surface area contributed by atoms with E-state index in [4.69, 9.17) is 4.74 Å². The first-order chi connectivity index (χ1) is 9.81. The summed E-state index contributed by atoms with van der Waals surface area (Å²) in [5.74, 6) is -1.98. The molecule has 0 aliphatic rings. The SMILES string of the molecule is COc1ccc(CC(CCN(C)C)(C(=O)O)C(=O)O)cc1. The van der Waals surface area contributed by atoms with Gasteiger partial charge in [0.1, 0.15) is 5.75 Å². The number of aliphatic carboxylic acids is 2. The van der Waals surface area contributed by atoms with E-state index in [9.17, 15) is 19.8 Å². The van der Waals surface area contributed by atoms with Crippen LogP contribution < -0.4 is 4.74 Å². The topological polar surface area (TPSA) is 87.1 Å². The van der Waals surface area contributed by atoms with Gasteiger partial charge in [0.2, 0.25) is 0 Å². The fourth-order valence-corrected chi connectivity index (χ4v) is 2.05. The van der Waals surface area contributed by atoms with Crippen LogP contribution in [0, 0.1) is 5.41 Å². The fourth-order valence-electron chi connectivity index (χ4n) is 2.05. The summed E-state index contributed by atoms with van der Waals surface area (Å²) in [6, 6.07) is 6.76. The highest BCUT2D eigenvalue weighted by Gasteiger charge is 2.46. The van der Waals surface area contributed by atoms with Crippen LogP contribution in [0.5, 0.6) is 5.75 Å². The number of hydrogen-bond acceptors (Lipinski definition) is 4. The Morgan fingerprint density at radius 3 is 2.05 bits per heavy atom. The Balaban J connectivity index is 3.04. The first kappa shape index (κ1) is 17.0. The maximum absolute atomic E-state index is 11.6. The minimum atomic E-state index is -1.82. The summed E-state index contributed by atoms with van der Waals surface area (Å²) in [4.78, 5) is 24.9. The highest BCUT2D eigenvalue weighted by Crippen LogP contribution is 2.29. The van der Waals surface area contributed by atoms with Crippen molar-refractivity contribution in [2.45, 2.75) is 12.8 Å². The van der Waals surface area contributed by atoms with E-state index < -0.39 is 17.4 Å². The van der Waals surface area contributed by atoms with Crippen molar-refractivity contribution in [2.24, 2.45) is 5.41 Å². The van der Waals surface area contributed by atoms with Gasteiger partial charge in [0.25, 0.3) is 0 Å². The van der Waals surface area contributed by atoms with Crippen LogP contribution in [0.25, 0.3) is 0 Å². The Morgan fingerprint density at radius 1 is 1.14 bits per heavy atom. The van der Waals surface area contributed by atoms with Gasteiger partial charge < -0.3 is 19.8 Å². The van der Waals surface area contributed by atoms with Gasteiger partial charge in [0.05, 0.1) is 7.11 Å². The molecule has 2 N–H and O–H groups in total. The lowest BCUT2D eigenvalue weighted by molar-refractivity contribution is -0.165. The largest absolute Gasteiger partial charge is 0.497 e. The van der Waals surface area contributed by atoms with Crippen LogP contribution in [0.15, 0.2) is 24.3 Å². The first-order valence-corrected chi connectivity index (χ1v) is 6.56. The molecule has 21 heavy (non-hydrogen) atoms. The predicted molar refractivity (Wildman–Crippen MR) is 77.6 cm³/mol. The third-order valence-electron chi connectivity index (χ3n) is 3.47. The van der Waals surface area contributed by atoms with Gasteiger partial charge in [-0.3, -0.25) is 9.59 Å². The third kappa shape index (κ3) is 4.19. The molecule has 0 aliphatic carbocycles. The number of methoxy groups -OCH3 is 1. The van der Waals surface area contributed by atoms with Crippen molar-refractivity contribution in [1.82, 2.24) is 4.90 Å². The van der Waals surface area contributed by atoms with Crippen molar-refractivity contribution < 1.29 is 24.5 Å². The molecule has 0 spiro atoms. The fraction of sp³-hybridized carbons (Fsp3) is 0.467. The Labute approximate surface area is 124 Å². The molecule has 0 atom stereocenters. The molecule has 6 nitrogen and oxygen atoms in total. The molecular weight excluding hydrogens is 274 g/mol. The molecule has 0 aliphatic heterocycles. The number of ether oxygens (including phenoxy) is 1. The van der Waals surface area contributed by atoms with Gasteiger partial charge in [-0.15, -0.1) is 0 Å². The van der Waals surface area contributed by atoms with E-state index in [2.05, 4.69) is 0 Å². The van der Waals surface area contributed by atoms with E-state index >= 15 is 0 Å². The molecule has 0 saturated carbocycles. The summed E-state index contributed by atoms with van der Waals surface area (Å²) < 4.78 is 5.03. The minimum absolute atomic E-state index is 0.0384. The van der Waals surface area contributed by atoms with E-state index in [0.717, 1.165) is 0 Å². The number of hydrogen-bond donors (Lipinski definition) is 2. The van der Waals surface area contributed by atoms with Crippen LogP contribution in [-0.2, 0) is 16.0 Å². The molecule has 0 saturated heterocycles. The van der Waals surface area contributed by atoms with Crippen LogP contribution in [0.3, 0.4) is 0 Å². The number of carboxylic acid groups (broad SMARTS) is 2. The maximum Gasteiger partial charge on any atom is 0.321 e. The molecule has 116 valence electrons. The van der Waals surface area contributed by atoms with Crippen molar-refractivity contribution in [3.63, 3.8) is 0 Å². The summed E-state index contributed by atoms with van der Waals surface area (Å²) in [7, 11) is 5.09. The molecule has 1 aromatic carbocycles. The van der Waals surface area contributed by atoms with E-state index in [0.29, 0.717) is 17.9 Å². The van der Waals surface area contributed by atoms with Gasteiger partial charge in [-0.2, -0.15) is 0 Å². The van der Waals surface area contributed by atoms with E-state index in [1.54, 1.807) is 43.3 Å². The van der Waals surface area contributed by atoms with Crippen LogP contribution in [0.1, 0.15) is 12.0 Å². The minimum Gasteiger partial charge on any atom is -0.497 e. The lowest BCUT2D eigenvalue weighted by atomic mass is 9.78. The van der Waals surface area contributed by atoms with Crippen LogP contribution in [0.4, 0.5) is 0 Å². The molecule has 0 aromatic heterocycles. The number of rotatable bonds is 8. The quantitative estimate of drug-likeness (QED) is 0.704. The van der Waals surface area contributed by atoms with Crippen LogP contribution >= 0.6 is 0 Å². The lowest BCUT2D eigenvalue weighted by Gasteiger charge is -2.26. The normalized spacial score (nSPS) is 11.4. The zero-order valence-electron chi connectivity index (χ0n) is 12.5. The summed E-state index contributed by atoms with van der Waals surface area (Å²) in [6.07, 6.45) is -0.0216. The van der Waals surface area contributed by atoms with E-state index in [-0.39, 0.29) is 12.8 Å². The molecule has 0 unspecified atom stereocenters. The molecule has 0 bridgehead atoms. The highest BCUT2D eigenvalue weighted by atomic mass is 16.5. The predicted octanol–water partition coefficient (Wildman–Crippen LogP) is 1.34. The molecule has 1 rings (SSSR count). The number of carbonyl (C=O) groups is 2. The summed E-state index contributed by atoms with van der Waals surface area (Å²) in [5.41, 5.74) is -1.17. The van der Waals surface area contributed by atoms with Gasteiger partial charge in [0.15, 0.2) is 5.41 Å². The number of nitrogens with zero attached hydrogens (tertiary/aromatic N) is 1. The zero-order chi connectivity index (χ0) is 16.0. The number of benzene rings is 1. The standard InChI is InChI=1S/C15H21NO5/c1-16(2)9-8-15(13(17)18,14(19)20)10-11-4-6-12(21-3)7-5-11/h4-7H,8-10H2,1-3H3,(H,17,18)(H,19,20). The second-order valence-electron chi connectivity index (χ2n) is 5.27. The van der Waals surface area contributed by atoms with Gasteiger partial charge in [0, 0.05) is 0 Å². The Morgan fingerprint density at radius 2 is 1.67 bits per heavy atom. The highest BCUT2D eigenvalue weighted by molar-refractivity contribution is 5.98. The summed E-state index contributed by atoms with van der Waals surface area (Å²) >= 11 is 0. The van der Waals surface area contributed by atoms with E-state index in [1.807, 2.05) is 0 Å². The Bertz CT molecular complexity index is 481. The lowest BCUT2D eigenvalue weighted by Crippen LogP contribution is -2.43. The summed E-state index contributed by atoms with van der Waals surface area (Å²) in [6.45, 7) is 0.384. The number of carboxylic acids is 2. The summed E-state index contributed by atoms with van der Waals surface area (Å²) in [5, 5.41) is 18.9. The molecule has 6 heteroatoms. The Kier molecular flexibility index (Phi) is 5.72. The third-order valence-corrected chi connectivity index (χ3v) is 3.47. The maximum atomic E-state index is 11.6. The van der Waals surface area contributed by atoms with Gasteiger partial charge in [-0.1, -0.05) is 12.1 Å². The van der Waals surface area contributed by atoms with Crippen LogP contribution in [0.2, 0.25) is 0 Å². The van der Waals surface area contributed by atoms with Gasteiger partial charge >= 0.3 is 11.9 Å². The van der Waals surface area contributed by atoms with Crippen molar-refractivity contribution in [1.29, 1.82) is 0 Å². The average Bonchev–Trinajstić information content (AvgIpc) is 2.43. The molecule has 0 heterocycles. The van der Waals surface area contributed by atoms with Crippen molar-refractivity contribution in [3.05, 3.63) is 29.8 Å².